The predicted molar refractivity (Wildman–Crippen MR) is 116 cm³/mol. The molecule has 0 bridgehead atoms. The van der Waals surface area contributed by atoms with Gasteiger partial charge in [-0.3, -0.25) is 5.32 Å². The molecule has 3 aromatic rings. The summed E-state index contributed by atoms with van der Waals surface area (Å²) in [7, 11) is 0. The molecule has 2 heterocycles. The van der Waals surface area contributed by atoms with E-state index in [2.05, 4.69) is 51.1 Å². The van der Waals surface area contributed by atoms with Gasteiger partial charge in [0, 0.05) is 17.6 Å². The Morgan fingerprint density at radius 2 is 2.03 bits per heavy atom. The van der Waals surface area contributed by atoms with E-state index in [9.17, 15) is 4.79 Å². The second-order valence-corrected chi connectivity index (χ2v) is 7.46. The summed E-state index contributed by atoms with van der Waals surface area (Å²) >= 11 is 1.31. The molecule has 1 aliphatic rings. The van der Waals surface area contributed by atoms with Crippen molar-refractivity contribution in [3.63, 3.8) is 0 Å². The van der Waals surface area contributed by atoms with E-state index in [1.54, 1.807) is 5.38 Å². The Balaban J connectivity index is 1.46. The van der Waals surface area contributed by atoms with E-state index < -0.39 is 0 Å². The van der Waals surface area contributed by atoms with Crippen LogP contribution in [0.15, 0.2) is 53.9 Å². The summed E-state index contributed by atoms with van der Waals surface area (Å²) in [5.41, 5.74) is 4.24. The molecule has 0 saturated carbocycles. The zero-order chi connectivity index (χ0) is 20.1. The summed E-state index contributed by atoms with van der Waals surface area (Å²) in [6, 6.07) is 16.4. The summed E-state index contributed by atoms with van der Waals surface area (Å²) in [6.45, 7) is 1.75. The Kier molecular flexibility index (Phi) is 5.75. The van der Waals surface area contributed by atoms with Gasteiger partial charge in [0.25, 0.3) is 0 Å². The van der Waals surface area contributed by atoms with Crippen LogP contribution >= 0.6 is 11.3 Å². The van der Waals surface area contributed by atoms with E-state index in [0.717, 1.165) is 22.4 Å². The molecule has 29 heavy (non-hydrogen) atoms. The average molecular weight is 404 g/mol. The Morgan fingerprint density at radius 3 is 2.72 bits per heavy atom. The fraction of sp³-hybridized carbons (Fsp3) is 0.182. The standard InChI is InChI=1S/C22H20N4O2S/c1-2-21-25-20(14-29-21)26-22(27)23-11-17-9-8-16(15-6-4-3-5-7-15)10-19(17)24-18-12-28-13-18/h1,3-10,14,18,24H,11-13H2,(H2,23,26,27). The van der Waals surface area contributed by atoms with Crippen LogP contribution in [0.4, 0.5) is 16.3 Å². The lowest BCUT2D eigenvalue weighted by atomic mass is 10.0. The van der Waals surface area contributed by atoms with Crippen LogP contribution in [-0.4, -0.2) is 30.3 Å². The molecule has 1 fully saturated rings. The number of nitrogens with zero attached hydrogens (tertiary/aromatic N) is 1. The van der Waals surface area contributed by atoms with Crippen molar-refractivity contribution in [2.75, 3.05) is 23.8 Å². The summed E-state index contributed by atoms with van der Waals surface area (Å²) in [4.78, 5) is 16.4. The number of hydrogen-bond donors (Lipinski definition) is 3. The van der Waals surface area contributed by atoms with Gasteiger partial charge in [0.15, 0.2) is 5.01 Å². The van der Waals surface area contributed by atoms with E-state index in [1.807, 2.05) is 24.3 Å². The molecular formula is C22H20N4O2S. The highest BCUT2D eigenvalue weighted by Gasteiger charge is 2.19. The molecule has 1 saturated heterocycles. The van der Waals surface area contributed by atoms with E-state index in [-0.39, 0.29) is 12.1 Å². The first-order valence-corrected chi connectivity index (χ1v) is 10.1. The number of urea groups is 1. The number of aromatic nitrogens is 1. The molecule has 0 aliphatic carbocycles. The lowest BCUT2D eigenvalue weighted by Gasteiger charge is -2.29. The van der Waals surface area contributed by atoms with Crippen LogP contribution in [0, 0.1) is 12.3 Å². The van der Waals surface area contributed by atoms with Crippen LogP contribution < -0.4 is 16.0 Å². The predicted octanol–water partition coefficient (Wildman–Crippen LogP) is 3.92. The van der Waals surface area contributed by atoms with Gasteiger partial charge in [-0.2, -0.15) is 0 Å². The first-order valence-electron chi connectivity index (χ1n) is 9.21. The minimum atomic E-state index is -0.330. The zero-order valence-corrected chi connectivity index (χ0v) is 16.5. The number of terminal acetylenes is 1. The highest BCUT2D eigenvalue weighted by molar-refractivity contribution is 7.10. The fourth-order valence-corrected chi connectivity index (χ4v) is 3.50. The number of thiazole rings is 1. The fourth-order valence-electron chi connectivity index (χ4n) is 2.95. The number of amides is 2. The number of hydrogen-bond acceptors (Lipinski definition) is 5. The first kappa shape index (κ1) is 19.0. The third-order valence-electron chi connectivity index (χ3n) is 4.52. The molecule has 1 aromatic heterocycles. The minimum Gasteiger partial charge on any atom is -0.377 e. The molecule has 2 aromatic carbocycles. The summed E-state index contributed by atoms with van der Waals surface area (Å²) < 4.78 is 5.28. The summed E-state index contributed by atoms with van der Waals surface area (Å²) in [6.07, 6.45) is 5.31. The van der Waals surface area contributed by atoms with E-state index in [4.69, 9.17) is 11.2 Å². The number of rotatable bonds is 6. The van der Waals surface area contributed by atoms with Crippen LogP contribution in [0.1, 0.15) is 10.6 Å². The van der Waals surface area contributed by atoms with E-state index in [0.29, 0.717) is 30.6 Å². The molecule has 146 valence electrons. The van der Waals surface area contributed by atoms with Crippen molar-refractivity contribution in [3.8, 4) is 23.5 Å². The number of benzene rings is 2. The van der Waals surface area contributed by atoms with Crippen molar-refractivity contribution in [3.05, 3.63) is 64.5 Å². The van der Waals surface area contributed by atoms with Crippen molar-refractivity contribution < 1.29 is 9.53 Å². The molecule has 0 unspecified atom stereocenters. The van der Waals surface area contributed by atoms with Crippen molar-refractivity contribution in [2.45, 2.75) is 12.6 Å². The molecule has 2 amide bonds. The molecule has 4 rings (SSSR count). The quantitative estimate of drug-likeness (QED) is 0.544. The smallest absolute Gasteiger partial charge is 0.320 e. The number of anilines is 2. The van der Waals surface area contributed by atoms with Crippen LogP contribution in [0.2, 0.25) is 0 Å². The highest BCUT2D eigenvalue weighted by Crippen LogP contribution is 2.27. The van der Waals surface area contributed by atoms with Gasteiger partial charge >= 0.3 is 6.03 Å². The van der Waals surface area contributed by atoms with Crippen molar-refractivity contribution in [1.29, 1.82) is 0 Å². The summed E-state index contributed by atoms with van der Waals surface area (Å²) in [5.74, 6) is 2.90. The molecule has 0 radical (unpaired) electrons. The normalized spacial score (nSPS) is 13.2. The lowest BCUT2D eigenvalue weighted by molar-refractivity contribution is 0.0211. The molecule has 1 aliphatic heterocycles. The highest BCUT2D eigenvalue weighted by atomic mass is 32.1. The third-order valence-corrected chi connectivity index (χ3v) is 5.30. The van der Waals surface area contributed by atoms with E-state index >= 15 is 0 Å². The largest absolute Gasteiger partial charge is 0.377 e. The summed E-state index contributed by atoms with van der Waals surface area (Å²) in [5, 5.41) is 11.3. The van der Waals surface area contributed by atoms with Gasteiger partial charge < -0.3 is 15.4 Å². The molecule has 7 heteroatoms. The molecule has 0 atom stereocenters. The third kappa shape index (κ3) is 4.74. The van der Waals surface area contributed by atoms with Gasteiger partial charge in [-0.05, 0) is 28.7 Å². The average Bonchev–Trinajstić information content (AvgIpc) is 3.17. The SMILES string of the molecule is C#Cc1nc(NC(=O)NCc2ccc(-c3ccccc3)cc2NC2COC2)cs1. The topological polar surface area (TPSA) is 75.3 Å². The van der Waals surface area contributed by atoms with Crippen LogP contribution in [0.25, 0.3) is 11.1 Å². The Morgan fingerprint density at radius 1 is 1.21 bits per heavy atom. The van der Waals surface area contributed by atoms with Crippen molar-refractivity contribution >= 4 is 28.9 Å². The Hall–Kier alpha value is -3.34. The zero-order valence-electron chi connectivity index (χ0n) is 15.6. The maximum atomic E-state index is 12.2. The van der Waals surface area contributed by atoms with Gasteiger partial charge in [0.2, 0.25) is 0 Å². The van der Waals surface area contributed by atoms with E-state index in [1.165, 1.54) is 11.3 Å². The van der Waals surface area contributed by atoms with Gasteiger partial charge in [-0.1, -0.05) is 42.5 Å². The van der Waals surface area contributed by atoms with Gasteiger partial charge in [0.05, 0.1) is 19.3 Å². The first-order chi connectivity index (χ1) is 14.2. The second kappa shape index (κ2) is 8.78. The van der Waals surface area contributed by atoms with Crippen molar-refractivity contribution in [2.24, 2.45) is 0 Å². The number of carbonyl (C=O) groups is 1. The molecule has 6 nitrogen and oxygen atoms in total. The van der Waals surface area contributed by atoms with Crippen LogP contribution in [0.3, 0.4) is 0 Å². The Labute approximate surface area is 173 Å². The lowest BCUT2D eigenvalue weighted by Crippen LogP contribution is -2.40. The van der Waals surface area contributed by atoms with Crippen LogP contribution in [0.5, 0.6) is 0 Å². The van der Waals surface area contributed by atoms with Gasteiger partial charge in [-0.15, -0.1) is 17.8 Å². The maximum absolute atomic E-state index is 12.2. The number of ether oxygens (including phenoxy) is 1. The molecule has 3 N–H and O–H groups in total. The van der Waals surface area contributed by atoms with Gasteiger partial charge in [-0.25, -0.2) is 9.78 Å². The number of carbonyl (C=O) groups excluding carboxylic acids is 1. The van der Waals surface area contributed by atoms with Crippen molar-refractivity contribution in [1.82, 2.24) is 10.3 Å². The molecule has 0 spiro atoms. The van der Waals surface area contributed by atoms with Gasteiger partial charge in [0.1, 0.15) is 5.82 Å². The molecular weight excluding hydrogens is 384 g/mol. The minimum absolute atomic E-state index is 0.283. The number of nitrogens with one attached hydrogen (secondary N) is 3. The monoisotopic (exact) mass is 404 g/mol. The Bertz CT molecular complexity index is 1040. The maximum Gasteiger partial charge on any atom is 0.320 e. The second-order valence-electron chi connectivity index (χ2n) is 6.61. The van der Waals surface area contributed by atoms with Crippen LogP contribution in [-0.2, 0) is 11.3 Å².